The SMILES string of the molecule is CC(N)CCC(=O)Nc1ccc(CNS(C)(=O)=O)cc1.Cl. The van der Waals surface area contributed by atoms with Gasteiger partial charge in [0.1, 0.15) is 0 Å². The number of benzene rings is 1. The highest BCUT2D eigenvalue weighted by Gasteiger charge is 2.05. The Bertz CT molecular complexity index is 544. The first-order valence-electron chi connectivity index (χ1n) is 6.35. The number of anilines is 1. The number of hydrogen-bond donors (Lipinski definition) is 3. The van der Waals surface area contributed by atoms with Crippen LogP contribution in [0.2, 0.25) is 0 Å². The molecule has 0 spiro atoms. The third kappa shape index (κ3) is 9.41. The summed E-state index contributed by atoms with van der Waals surface area (Å²) >= 11 is 0. The van der Waals surface area contributed by atoms with Crippen molar-refractivity contribution in [2.45, 2.75) is 32.4 Å². The molecule has 8 heteroatoms. The third-order valence-electron chi connectivity index (χ3n) is 2.60. The van der Waals surface area contributed by atoms with Crippen LogP contribution in [0.5, 0.6) is 0 Å². The van der Waals surface area contributed by atoms with Crippen LogP contribution in [0.4, 0.5) is 5.69 Å². The molecule has 4 N–H and O–H groups in total. The van der Waals surface area contributed by atoms with E-state index in [2.05, 4.69) is 10.0 Å². The number of carbonyl (C=O) groups excluding carboxylic acids is 1. The second-order valence-corrected chi connectivity index (χ2v) is 6.69. The highest BCUT2D eigenvalue weighted by Crippen LogP contribution is 2.10. The molecule has 0 aromatic heterocycles. The first kappa shape index (κ1) is 19.9. The number of carbonyl (C=O) groups is 1. The van der Waals surface area contributed by atoms with Crippen molar-refractivity contribution >= 4 is 34.0 Å². The maximum Gasteiger partial charge on any atom is 0.224 e. The van der Waals surface area contributed by atoms with Gasteiger partial charge in [0.2, 0.25) is 15.9 Å². The fourth-order valence-electron chi connectivity index (χ4n) is 1.50. The van der Waals surface area contributed by atoms with E-state index < -0.39 is 10.0 Å². The van der Waals surface area contributed by atoms with Crippen LogP contribution in [0.25, 0.3) is 0 Å². The van der Waals surface area contributed by atoms with Crippen molar-refractivity contribution in [1.82, 2.24) is 4.72 Å². The Kier molecular flexibility index (Phi) is 8.50. The van der Waals surface area contributed by atoms with Crippen molar-refractivity contribution in [3.05, 3.63) is 29.8 Å². The van der Waals surface area contributed by atoms with Gasteiger partial charge in [-0.2, -0.15) is 0 Å². The molecule has 0 saturated carbocycles. The van der Waals surface area contributed by atoms with E-state index in [9.17, 15) is 13.2 Å². The fraction of sp³-hybridized carbons (Fsp3) is 0.462. The summed E-state index contributed by atoms with van der Waals surface area (Å²) in [6.45, 7) is 2.09. The van der Waals surface area contributed by atoms with Gasteiger partial charge < -0.3 is 11.1 Å². The highest BCUT2D eigenvalue weighted by atomic mass is 35.5. The van der Waals surface area contributed by atoms with Crippen LogP contribution in [0.3, 0.4) is 0 Å². The lowest BCUT2D eigenvalue weighted by Crippen LogP contribution is -2.21. The highest BCUT2D eigenvalue weighted by molar-refractivity contribution is 7.88. The van der Waals surface area contributed by atoms with E-state index in [0.717, 1.165) is 11.8 Å². The van der Waals surface area contributed by atoms with Crippen molar-refractivity contribution in [1.29, 1.82) is 0 Å². The number of nitrogens with two attached hydrogens (primary N) is 1. The third-order valence-corrected chi connectivity index (χ3v) is 3.27. The average molecular weight is 336 g/mol. The molecule has 0 radical (unpaired) electrons. The summed E-state index contributed by atoms with van der Waals surface area (Å²) in [5.41, 5.74) is 7.09. The molecule has 120 valence electrons. The molecular weight excluding hydrogens is 314 g/mol. The van der Waals surface area contributed by atoms with E-state index in [1.165, 1.54) is 0 Å². The lowest BCUT2D eigenvalue weighted by atomic mass is 10.1. The summed E-state index contributed by atoms with van der Waals surface area (Å²) in [5.74, 6) is -0.0793. The number of amides is 1. The number of nitrogens with one attached hydrogen (secondary N) is 2. The summed E-state index contributed by atoms with van der Waals surface area (Å²) in [5, 5.41) is 2.76. The maximum atomic E-state index is 11.6. The standard InChI is InChI=1S/C13H21N3O3S.ClH/c1-10(14)3-8-13(17)16-12-6-4-11(5-7-12)9-15-20(2,18)19;/h4-7,10,15H,3,8-9,14H2,1-2H3,(H,16,17);1H. The Morgan fingerprint density at radius 3 is 2.33 bits per heavy atom. The monoisotopic (exact) mass is 335 g/mol. The van der Waals surface area contributed by atoms with Crippen LogP contribution in [0.15, 0.2) is 24.3 Å². The first-order valence-corrected chi connectivity index (χ1v) is 8.24. The summed E-state index contributed by atoms with van der Waals surface area (Å²) in [7, 11) is -3.20. The van der Waals surface area contributed by atoms with Crippen molar-refractivity contribution in [2.24, 2.45) is 5.73 Å². The van der Waals surface area contributed by atoms with Gasteiger partial charge in [-0.1, -0.05) is 12.1 Å². The molecule has 21 heavy (non-hydrogen) atoms. The average Bonchev–Trinajstić information content (AvgIpc) is 2.34. The molecule has 0 bridgehead atoms. The maximum absolute atomic E-state index is 11.6. The van der Waals surface area contributed by atoms with E-state index >= 15 is 0 Å². The zero-order valence-corrected chi connectivity index (χ0v) is 13.8. The van der Waals surface area contributed by atoms with Gasteiger partial charge in [-0.05, 0) is 31.0 Å². The van der Waals surface area contributed by atoms with Gasteiger partial charge in [0, 0.05) is 24.7 Å². The van der Waals surface area contributed by atoms with E-state index in [-0.39, 0.29) is 30.9 Å². The Balaban J connectivity index is 0.00000400. The predicted octanol–water partition coefficient (Wildman–Crippen LogP) is 1.22. The van der Waals surface area contributed by atoms with Crippen LogP contribution in [-0.2, 0) is 21.4 Å². The molecule has 1 rings (SSSR count). The lowest BCUT2D eigenvalue weighted by molar-refractivity contribution is -0.116. The van der Waals surface area contributed by atoms with Gasteiger partial charge in [0.15, 0.2) is 0 Å². The minimum atomic E-state index is -3.20. The van der Waals surface area contributed by atoms with Crippen molar-refractivity contribution in [2.75, 3.05) is 11.6 Å². The van der Waals surface area contributed by atoms with Crippen molar-refractivity contribution in [3.8, 4) is 0 Å². The predicted molar refractivity (Wildman–Crippen MR) is 86.9 cm³/mol. The van der Waals surface area contributed by atoms with Crippen LogP contribution >= 0.6 is 12.4 Å². The minimum absolute atomic E-state index is 0. The van der Waals surface area contributed by atoms with Gasteiger partial charge in [0.05, 0.1) is 6.26 Å². The zero-order chi connectivity index (χ0) is 15.2. The number of halogens is 1. The molecule has 0 aliphatic carbocycles. The van der Waals surface area contributed by atoms with Crippen LogP contribution in [0, 0.1) is 0 Å². The van der Waals surface area contributed by atoms with Gasteiger partial charge in [0.25, 0.3) is 0 Å². The van der Waals surface area contributed by atoms with E-state index in [0.29, 0.717) is 18.5 Å². The summed E-state index contributed by atoms with van der Waals surface area (Å²) in [6.07, 6.45) is 2.14. The Hall–Kier alpha value is -1.15. The second-order valence-electron chi connectivity index (χ2n) is 4.85. The molecule has 1 aromatic carbocycles. The number of rotatable bonds is 7. The smallest absolute Gasteiger partial charge is 0.224 e. The minimum Gasteiger partial charge on any atom is -0.328 e. The Labute approximate surface area is 132 Å². The second kappa shape index (κ2) is 8.99. The molecule has 1 aromatic rings. The molecule has 0 aliphatic heterocycles. The van der Waals surface area contributed by atoms with Gasteiger partial charge in [-0.15, -0.1) is 12.4 Å². The van der Waals surface area contributed by atoms with E-state index in [1.54, 1.807) is 24.3 Å². The molecule has 0 aliphatic rings. The van der Waals surface area contributed by atoms with Crippen LogP contribution < -0.4 is 15.8 Å². The van der Waals surface area contributed by atoms with Crippen molar-refractivity contribution < 1.29 is 13.2 Å². The topological polar surface area (TPSA) is 101 Å². The first-order chi connectivity index (χ1) is 9.26. The lowest BCUT2D eigenvalue weighted by Gasteiger charge is -2.08. The molecule has 6 nitrogen and oxygen atoms in total. The number of hydrogen-bond acceptors (Lipinski definition) is 4. The summed E-state index contributed by atoms with van der Waals surface area (Å²) < 4.78 is 24.3. The molecule has 0 fully saturated rings. The Morgan fingerprint density at radius 2 is 1.86 bits per heavy atom. The summed E-state index contributed by atoms with van der Waals surface area (Å²) in [6, 6.07) is 7.01. The molecule has 1 unspecified atom stereocenters. The van der Waals surface area contributed by atoms with Crippen molar-refractivity contribution in [3.63, 3.8) is 0 Å². The zero-order valence-electron chi connectivity index (χ0n) is 12.1. The fourth-order valence-corrected chi connectivity index (χ4v) is 1.93. The number of sulfonamides is 1. The van der Waals surface area contributed by atoms with Gasteiger partial charge in [-0.25, -0.2) is 13.1 Å². The summed E-state index contributed by atoms with van der Waals surface area (Å²) in [4.78, 5) is 11.6. The molecule has 0 heterocycles. The molecule has 0 saturated heterocycles. The van der Waals surface area contributed by atoms with E-state index in [4.69, 9.17) is 5.73 Å². The normalized spacial score (nSPS) is 12.3. The van der Waals surface area contributed by atoms with Crippen LogP contribution in [0.1, 0.15) is 25.3 Å². The largest absolute Gasteiger partial charge is 0.328 e. The molecular formula is C13H22ClN3O3S. The molecule has 1 atom stereocenters. The Morgan fingerprint density at radius 1 is 1.29 bits per heavy atom. The van der Waals surface area contributed by atoms with Gasteiger partial charge in [-0.3, -0.25) is 4.79 Å². The van der Waals surface area contributed by atoms with Crippen LogP contribution in [-0.4, -0.2) is 26.6 Å². The van der Waals surface area contributed by atoms with E-state index in [1.807, 2.05) is 6.92 Å². The van der Waals surface area contributed by atoms with Gasteiger partial charge >= 0.3 is 0 Å². The quantitative estimate of drug-likeness (QED) is 0.697. The molecule has 1 amide bonds.